The monoisotopic (exact) mass is 404 g/mol. The molecule has 0 radical (unpaired) electrons. The van der Waals surface area contributed by atoms with E-state index in [1.165, 1.54) is 17.0 Å². The van der Waals surface area contributed by atoms with Crippen LogP contribution in [0.15, 0.2) is 34.9 Å². The van der Waals surface area contributed by atoms with E-state index < -0.39 is 17.8 Å². The molecule has 0 aliphatic rings. The molecular formula is C15H16BrF3N4O. The van der Waals surface area contributed by atoms with Crippen molar-refractivity contribution in [1.29, 1.82) is 0 Å². The lowest BCUT2D eigenvalue weighted by Gasteiger charge is -2.17. The molecule has 0 bridgehead atoms. The number of hydrogen-bond acceptors (Lipinski definition) is 2. The Kier molecular flexibility index (Phi) is 5.53. The zero-order valence-electron chi connectivity index (χ0n) is 13.1. The minimum Gasteiger partial charge on any atom is -0.322 e. The fraction of sp³-hybridized carbons (Fsp3) is 0.333. The van der Waals surface area contributed by atoms with E-state index in [-0.39, 0.29) is 12.2 Å². The van der Waals surface area contributed by atoms with Crippen molar-refractivity contribution in [3.8, 4) is 0 Å². The maximum absolute atomic E-state index is 12.7. The molecule has 1 heterocycles. The van der Waals surface area contributed by atoms with Crippen LogP contribution in [0.4, 0.5) is 23.7 Å². The highest BCUT2D eigenvalue weighted by atomic mass is 79.9. The molecule has 0 saturated heterocycles. The Bertz CT molecular complexity index is 730. The van der Waals surface area contributed by atoms with Crippen LogP contribution in [0.3, 0.4) is 0 Å². The summed E-state index contributed by atoms with van der Waals surface area (Å²) in [5.41, 5.74) is -0.0641. The van der Waals surface area contributed by atoms with E-state index in [0.717, 1.165) is 16.6 Å². The lowest BCUT2D eigenvalue weighted by molar-refractivity contribution is -0.137. The highest BCUT2D eigenvalue weighted by Crippen LogP contribution is 2.30. The molecule has 1 N–H and O–H groups in total. The molecule has 0 atom stereocenters. The predicted molar refractivity (Wildman–Crippen MR) is 87.5 cm³/mol. The van der Waals surface area contributed by atoms with Crippen LogP contribution in [0, 0.1) is 0 Å². The minimum absolute atomic E-state index is 0.0832. The van der Waals surface area contributed by atoms with Gasteiger partial charge >= 0.3 is 12.2 Å². The summed E-state index contributed by atoms with van der Waals surface area (Å²) < 4.78 is 40.6. The number of carbonyl (C=O) groups is 1. The van der Waals surface area contributed by atoms with Gasteiger partial charge < -0.3 is 10.2 Å². The normalized spacial score (nSPS) is 11.4. The maximum atomic E-state index is 12.7. The van der Waals surface area contributed by atoms with Crippen molar-refractivity contribution in [2.75, 3.05) is 12.4 Å². The third kappa shape index (κ3) is 4.50. The van der Waals surface area contributed by atoms with Crippen LogP contribution in [0.2, 0.25) is 0 Å². The summed E-state index contributed by atoms with van der Waals surface area (Å²) in [4.78, 5) is 13.5. The van der Waals surface area contributed by atoms with Crippen LogP contribution in [-0.4, -0.2) is 27.8 Å². The molecule has 24 heavy (non-hydrogen) atoms. The number of alkyl halides is 3. The van der Waals surface area contributed by atoms with E-state index >= 15 is 0 Å². The second kappa shape index (κ2) is 7.25. The lowest BCUT2D eigenvalue weighted by Crippen LogP contribution is -2.31. The van der Waals surface area contributed by atoms with E-state index in [9.17, 15) is 18.0 Å². The Morgan fingerprint density at radius 2 is 2.12 bits per heavy atom. The molecule has 5 nitrogen and oxygen atoms in total. The first kappa shape index (κ1) is 18.3. The van der Waals surface area contributed by atoms with Gasteiger partial charge in [-0.15, -0.1) is 0 Å². The third-order valence-electron chi connectivity index (χ3n) is 3.29. The summed E-state index contributed by atoms with van der Waals surface area (Å²) in [5, 5.41) is 6.76. The zero-order valence-corrected chi connectivity index (χ0v) is 14.6. The fourth-order valence-electron chi connectivity index (χ4n) is 1.99. The Hall–Kier alpha value is -2.03. The number of carbonyl (C=O) groups excluding carboxylic acids is 1. The number of aromatic nitrogens is 2. The van der Waals surface area contributed by atoms with Crippen LogP contribution in [0.1, 0.15) is 18.2 Å². The van der Waals surface area contributed by atoms with E-state index in [2.05, 4.69) is 26.3 Å². The number of anilines is 1. The molecule has 0 saturated carbocycles. The highest BCUT2D eigenvalue weighted by Gasteiger charge is 2.30. The summed E-state index contributed by atoms with van der Waals surface area (Å²) in [6.45, 7) is 2.85. The van der Waals surface area contributed by atoms with Crippen molar-refractivity contribution in [3.63, 3.8) is 0 Å². The molecule has 0 fully saturated rings. The second-order valence-electron chi connectivity index (χ2n) is 5.14. The van der Waals surface area contributed by atoms with Crippen molar-refractivity contribution in [1.82, 2.24) is 14.7 Å². The molecule has 0 aliphatic carbocycles. The third-order valence-corrected chi connectivity index (χ3v) is 3.95. The van der Waals surface area contributed by atoms with Crippen LogP contribution in [0.25, 0.3) is 0 Å². The van der Waals surface area contributed by atoms with Crippen molar-refractivity contribution in [2.45, 2.75) is 26.2 Å². The summed E-state index contributed by atoms with van der Waals surface area (Å²) in [7, 11) is 1.54. The van der Waals surface area contributed by atoms with Gasteiger partial charge in [-0.1, -0.05) is 6.07 Å². The minimum atomic E-state index is -4.45. The average molecular weight is 405 g/mol. The first-order valence-corrected chi connectivity index (χ1v) is 7.91. The molecule has 0 spiro atoms. The van der Waals surface area contributed by atoms with Crippen molar-refractivity contribution in [2.24, 2.45) is 0 Å². The van der Waals surface area contributed by atoms with Crippen LogP contribution in [0.5, 0.6) is 0 Å². The van der Waals surface area contributed by atoms with Crippen LogP contribution >= 0.6 is 15.9 Å². The number of rotatable bonds is 4. The predicted octanol–water partition coefficient (Wildman–Crippen LogP) is 4.35. The molecule has 2 rings (SSSR count). The number of aryl methyl sites for hydroxylation is 1. The van der Waals surface area contributed by atoms with Gasteiger partial charge in [-0.3, -0.25) is 4.68 Å². The SMILES string of the molecule is CCn1cc(Br)c(CN(C)C(=O)Nc2cccc(C(F)(F)F)c2)n1. The van der Waals surface area contributed by atoms with Gasteiger partial charge in [-0.05, 0) is 41.1 Å². The fourth-order valence-corrected chi connectivity index (χ4v) is 2.44. The van der Waals surface area contributed by atoms with Crippen molar-refractivity contribution in [3.05, 3.63) is 46.2 Å². The maximum Gasteiger partial charge on any atom is 0.416 e. The van der Waals surface area contributed by atoms with E-state index in [0.29, 0.717) is 12.2 Å². The zero-order chi connectivity index (χ0) is 17.9. The second-order valence-corrected chi connectivity index (χ2v) is 6.00. The molecule has 9 heteroatoms. The van der Waals surface area contributed by atoms with Gasteiger partial charge in [-0.25, -0.2) is 4.79 Å². The van der Waals surface area contributed by atoms with Gasteiger partial charge in [0, 0.05) is 25.5 Å². The molecule has 1 aromatic heterocycles. The molecular weight excluding hydrogens is 389 g/mol. The van der Waals surface area contributed by atoms with Crippen LogP contribution < -0.4 is 5.32 Å². The lowest BCUT2D eigenvalue weighted by atomic mass is 10.2. The number of halogens is 4. The van der Waals surface area contributed by atoms with Gasteiger partial charge in [-0.2, -0.15) is 18.3 Å². The van der Waals surface area contributed by atoms with Gasteiger partial charge in [0.15, 0.2) is 0 Å². The van der Waals surface area contributed by atoms with E-state index in [1.807, 2.05) is 6.92 Å². The standard InChI is InChI=1S/C15H16BrF3N4O/c1-3-23-8-12(16)13(21-23)9-22(2)14(24)20-11-6-4-5-10(7-11)15(17,18)19/h4-8H,3,9H2,1-2H3,(H,20,24). The van der Waals surface area contributed by atoms with Gasteiger partial charge in [0.1, 0.15) is 0 Å². The molecule has 2 aromatic rings. The number of urea groups is 1. The first-order chi connectivity index (χ1) is 11.2. The quantitative estimate of drug-likeness (QED) is 0.823. The summed E-state index contributed by atoms with van der Waals surface area (Å²) in [6.07, 6.45) is -2.65. The molecule has 0 aliphatic heterocycles. The van der Waals surface area contributed by atoms with Crippen molar-refractivity contribution < 1.29 is 18.0 Å². The van der Waals surface area contributed by atoms with Crippen molar-refractivity contribution >= 4 is 27.6 Å². The Balaban J connectivity index is 2.05. The van der Waals surface area contributed by atoms with Gasteiger partial charge in [0.25, 0.3) is 0 Å². The molecule has 130 valence electrons. The number of nitrogens with zero attached hydrogens (tertiary/aromatic N) is 3. The summed E-state index contributed by atoms with van der Waals surface area (Å²) >= 11 is 3.37. The number of benzene rings is 1. The topological polar surface area (TPSA) is 50.2 Å². The Morgan fingerprint density at radius 1 is 1.42 bits per heavy atom. The molecule has 2 amide bonds. The smallest absolute Gasteiger partial charge is 0.322 e. The molecule has 0 unspecified atom stereocenters. The van der Waals surface area contributed by atoms with Gasteiger partial charge in [0.05, 0.1) is 22.3 Å². The summed E-state index contributed by atoms with van der Waals surface area (Å²) in [5.74, 6) is 0. The molecule has 1 aromatic carbocycles. The summed E-state index contributed by atoms with van der Waals surface area (Å²) in [6, 6.07) is 3.98. The number of amides is 2. The Morgan fingerprint density at radius 3 is 2.71 bits per heavy atom. The largest absolute Gasteiger partial charge is 0.416 e. The highest BCUT2D eigenvalue weighted by molar-refractivity contribution is 9.10. The van der Waals surface area contributed by atoms with E-state index in [4.69, 9.17) is 0 Å². The van der Waals surface area contributed by atoms with Gasteiger partial charge in [0.2, 0.25) is 0 Å². The van der Waals surface area contributed by atoms with E-state index in [1.54, 1.807) is 17.9 Å². The average Bonchev–Trinajstić information content (AvgIpc) is 2.87. The first-order valence-electron chi connectivity index (χ1n) is 7.12. The number of nitrogens with one attached hydrogen (secondary N) is 1. The Labute approximate surface area is 145 Å². The number of hydrogen-bond donors (Lipinski definition) is 1. The van der Waals surface area contributed by atoms with Crippen LogP contribution in [-0.2, 0) is 19.3 Å².